The van der Waals surface area contributed by atoms with Crippen LogP contribution in [0.1, 0.15) is 21.5 Å². The molecule has 0 unspecified atom stereocenters. The first kappa shape index (κ1) is 18.9. The Hall–Kier alpha value is -3.48. The molecule has 1 aliphatic heterocycles. The summed E-state index contributed by atoms with van der Waals surface area (Å²) in [6, 6.07) is 12.0. The van der Waals surface area contributed by atoms with Crippen molar-refractivity contribution in [3.05, 3.63) is 71.7 Å². The molecule has 0 radical (unpaired) electrons. The highest BCUT2D eigenvalue weighted by Gasteiger charge is 2.23. The zero-order valence-corrected chi connectivity index (χ0v) is 16.7. The van der Waals surface area contributed by atoms with Crippen molar-refractivity contribution in [1.82, 2.24) is 19.9 Å². The van der Waals surface area contributed by atoms with E-state index in [1.54, 1.807) is 18.6 Å². The minimum Gasteiger partial charge on any atom is -0.353 e. The zero-order chi connectivity index (χ0) is 20.2. The summed E-state index contributed by atoms with van der Waals surface area (Å²) >= 11 is 0. The molecule has 1 saturated heterocycles. The Labute approximate surface area is 170 Å². The highest BCUT2D eigenvalue weighted by atomic mass is 16.2. The number of amides is 1. The SMILES string of the molecule is Cc1ccc(Nc2ncc(C(=O)N3CCN(c4ccccn4)CC3)cn2)cc1C. The zero-order valence-electron chi connectivity index (χ0n) is 16.7. The summed E-state index contributed by atoms with van der Waals surface area (Å²) in [5.74, 6) is 1.39. The number of rotatable bonds is 4. The van der Waals surface area contributed by atoms with E-state index in [1.807, 2.05) is 29.2 Å². The lowest BCUT2D eigenvalue weighted by Crippen LogP contribution is -2.49. The van der Waals surface area contributed by atoms with Gasteiger partial charge in [0.1, 0.15) is 5.82 Å². The average Bonchev–Trinajstić information content (AvgIpc) is 2.77. The third-order valence-electron chi connectivity index (χ3n) is 5.20. The van der Waals surface area contributed by atoms with Crippen LogP contribution in [-0.4, -0.2) is 51.9 Å². The van der Waals surface area contributed by atoms with E-state index in [9.17, 15) is 4.79 Å². The van der Waals surface area contributed by atoms with E-state index in [2.05, 4.69) is 51.1 Å². The average molecular weight is 388 g/mol. The summed E-state index contributed by atoms with van der Waals surface area (Å²) in [5, 5.41) is 3.18. The molecular weight excluding hydrogens is 364 g/mol. The Balaban J connectivity index is 1.36. The van der Waals surface area contributed by atoms with Crippen LogP contribution < -0.4 is 10.2 Å². The summed E-state index contributed by atoms with van der Waals surface area (Å²) in [6.45, 7) is 6.96. The Morgan fingerprint density at radius 3 is 2.34 bits per heavy atom. The van der Waals surface area contributed by atoms with Gasteiger partial charge in [-0.25, -0.2) is 15.0 Å². The van der Waals surface area contributed by atoms with Crippen LogP contribution in [0.25, 0.3) is 0 Å². The van der Waals surface area contributed by atoms with Crippen LogP contribution in [0.2, 0.25) is 0 Å². The van der Waals surface area contributed by atoms with Crippen molar-refractivity contribution in [2.75, 3.05) is 36.4 Å². The largest absolute Gasteiger partial charge is 0.353 e. The van der Waals surface area contributed by atoms with E-state index in [4.69, 9.17) is 0 Å². The highest BCUT2D eigenvalue weighted by molar-refractivity contribution is 5.93. The molecule has 1 N–H and O–H groups in total. The van der Waals surface area contributed by atoms with E-state index in [1.165, 1.54) is 11.1 Å². The number of nitrogens with one attached hydrogen (secondary N) is 1. The standard InChI is InChI=1S/C22H24N6O/c1-16-6-7-19(13-17(16)2)26-22-24-14-18(15-25-22)21(29)28-11-9-27(10-12-28)20-5-3-4-8-23-20/h3-8,13-15H,9-12H2,1-2H3,(H,24,25,26). The van der Waals surface area contributed by atoms with Crippen molar-refractivity contribution >= 4 is 23.4 Å². The minimum absolute atomic E-state index is 0.0385. The molecule has 148 valence electrons. The van der Waals surface area contributed by atoms with E-state index in [-0.39, 0.29) is 5.91 Å². The number of piperazine rings is 1. The quantitative estimate of drug-likeness (QED) is 0.740. The van der Waals surface area contributed by atoms with Crippen molar-refractivity contribution in [2.24, 2.45) is 0 Å². The summed E-state index contributed by atoms with van der Waals surface area (Å²) in [5.41, 5.74) is 3.87. The number of benzene rings is 1. The summed E-state index contributed by atoms with van der Waals surface area (Å²) in [4.78, 5) is 29.8. The smallest absolute Gasteiger partial charge is 0.257 e. The third kappa shape index (κ3) is 4.34. The normalized spacial score (nSPS) is 14.0. The second-order valence-electron chi connectivity index (χ2n) is 7.19. The van der Waals surface area contributed by atoms with Crippen LogP contribution in [0, 0.1) is 13.8 Å². The van der Waals surface area contributed by atoms with Crippen LogP contribution in [0.4, 0.5) is 17.5 Å². The van der Waals surface area contributed by atoms with E-state index in [0.29, 0.717) is 24.6 Å². The first-order chi connectivity index (χ1) is 14.1. The van der Waals surface area contributed by atoms with Gasteiger partial charge in [-0.15, -0.1) is 0 Å². The van der Waals surface area contributed by atoms with Crippen molar-refractivity contribution in [3.8, 4) is 0 Å². The molecule has 1 amide bonds. The lowest BCUT2D eigenvalue weighted by atomic mass is 10.1. The van der Waals surface area contributed by atoms with E-state index < -0.39 is 0 Å². The molecule has 7 heteroatoms. The van der Waals surface area contributed by atoms with Crippen molar-refractivity contribution < 1.29 is 4.79 Å². The fourth-order valence-electron chi connectivity index (χ4n) is 3.31. The number of aromatic nitrogens is 3. The fourth-order valence-corrected chi connectivity index (χ4v) is 3.31. The molecule has 1 fully saturated rings. The molecule has 3 aromatic rings. The van der Waals surface area contributed by atoms with Crippen LogP contribution in [0.3, 0.4) is 0 Å². The molecule has 0 bridgehead atoms. The van der Waals surface area contributed by atoms with Gasteiger partial charge in [-0.05, 0) is 49.2 Å². The summed E-state index contributed by atoms with van der Waals surface area (Å²) in [6.07, 6.45) is 4.96. The Kier molecular flexibility index (Phi) is 5.37. The van der Waals surface area contributed by atoms with Gasteiger partial charge in [0.05, 0.1) is 5.56 Å². The molecular formula is C22H24N6O. The number of hydrogen-bond acceptors (Lipinski definition) is 6. The summed E-state index contributed by atoms with van der Waals surface area (Å²) in [7, 11) is 0. The minimum atomic E-state index is -0.0385. The van der Waals surface area contributed by atoms with Gasteiger partial charge in [0.25, 0.3) is 5.91 Å². The molecule has 1 aliphatic rings. The third-order valence-corrected chi connectivity index (χ3v) is 5.20. The molecule has 0 saturated carbocycles. The Morgan fingerprint density at radius 2 is 1.69 bits per heavy atom. The van der Waals surface area contributed by atoms with Crippen molar-refractivity contribution in [2.45, 2.75) is 13.8 Å². The second kappa shape index (κ2) is 8.26. The molecule has 0 atom stereocenters. The topological polar surface area (TPSA) is 74.2 Å². The Morgan fingerprint density at radius 1 is 0.931 bits per heavy atom. The second-order valence-corrected chi connectivity index (χ2v) is 7.19. The molecule has 0 spiro atoms. The van der Waals surface area contributed by atoms with Gasteiger partial charge in [-0.3, -0.25) is 4.79 Å². The first-order valence-electron chi connectivity index (χ1n) is 9.72. The maximum Gasteiger partial charge on any atom is 0.257 e. The maximum atomic E-state index is 12.8. The van der Waals surface area contributed by atoms with Crippen LogP contribution in [-0.2, 0) is 0 Å². The van der Waals surface area contributed by atoms with Gasteiger partial charge in [0.15, 0.2) is 0 Å². The number of carbonyl (C=O) groups is 1. The van der Waals surface area contributed by atoms with E-state index >= 15 is 0 Å². The van der Waals surface area contributed by atoms with Gasteiger partial charge in [-0.1, -0.05) is 12.1 Å². The lowest BCUT2D eigenvalue weighted by molar-refractivity contribution is 0.0745. The van der Waals surface area contributed by atoms with Crippen molar-refractivity contribution in [1.29, 1.82) is 0 Å². The number of aryl methyl sites for hydroxylation is 2. The summed E-state index contributed by atoms with van der Waals surface area (Å²) < 4.78 is 0. The van der Waals surface area contributed by atoms with Crippen LogP contribution in [0.15, 0.2) is 55.0 Å². The number of anilines is 3. The molecule has 7 nitrogen and oxygen atoms in total. The first-order valence-corrected chi connectivity index (χ1v) is 9.72. The lowest BCUT2D eigenvalue weighted by Gasteiger charge is -2.35. The van der Waals surface area contributed by atoms with Gasteiger partial charge < -0.3 is 15.1 Å². The number of pyridine rings is 1. The predicted octanol–water partition coefficient (Wildman–Crippen LogP) is 3.19. The number of hydrogen-bond donors (Lipinski definition) is 1. The Bertz CT molecular complexity index is 982. The molecule has 0 aliphatic carbocycles. The van der Waals surface area contributed by atoms with Crippen LogP contribution >= 0.6 is 0 Å². The molecule has 29 heavy (non-hydrogen) atoms. The number of nitrogens with zero attached hydrogens (tertiary/aromatic N) is 5. The van der Waals surface area contributed by atoms with Crippen molar-refractivity contribution in [3.63, 3.8) is 0 Å². The number of carbonyl (C=O) groups excluding carboxylic acids is 1. The fraction of sp³-hybridized carbons (Fsp3) is 0.273. The molecule has 1 aromatic carbocycles. The molecule has 3 heterocycles. The maximum absolute atomic E-state index is 12.8. The highest BCUT2D eigenvalue weighted by Crippen LogP contribution is 2.18. The molecule has 4 rings (SSSR count). The van der Waals surface area contributed by atoms with Gasteiger partial charge >= 0.3 is 0 Å². The van der Waals surface area contributed by atoms with Gasteiger partial charge in [0, 0.05) is 50.5 Å². The van der Waals surface area contributed by atoms with E-state index in [0.717, 1.165) is 24.6 Å². The van der Waals surface area contributed by atoms with Gasteiger partial charge in [-0.2, -0.15) is 0 Å². The monoisotopic (exact) mass is 388 g/mol. The molecule has 2 aromatic heterocycles. The predicted molar refractivity (Wildman–Crippen MR) is 114 cm³/mol. The van der Waals surface area contributed by atoms with Gasteiger partial charge in [0.2, 0.25) is 5.95 Å². The van der Waals surface area contributed by atoms with Crippen LogP contribution in [0.5, 0.6) is 0 Å².